The van der Waals surface area contributed by atoms with Gasteiger partial charge in [0.2, 0.25) is 0 Å². The van der Waals surface area contributed by atoms with Crippen LogP contribution in [0.1, 0.15) is 21.5 Å². The lowest BCUT2D eigenvalue weighted by Crippen LogP contribution is -2.24. The van der Waals surface area contributed by atoms with Gasteiger partial charge in [0.05, 0.1) is 4.90 Å². The first kappa shape index (κ1) is 21.5. The van der Waals surface area contributed by atoms with Crippen LogP contribution in [-0.2, 0) is 23.1 Å². The van der Waals surface area contributed by atoms with Crippen LogP contribution in [0.5, 0.6) is 0 Å². The van der Waals surface area contributed by atoms with Crippen LogP contribution in [0.2, 0.25) is 0 Å². The maximum Gasteiger partial charge on any atom is 0.261 e. The van der Waals surface area contributed by atoms with Gasteiger partial charge in [-0.2, -0.15) is 0 Å². The van der Waals surface area contributed by atoms with Gasteiger partial charge < -0.3 is 10.2 Å². The molecule has 3 aromatic carbocycles. The standard InChI is InChI=1S/C23H25N3O3S/c1-26(2)17-20-10-7-6-9-19(20)16-24-23(27)18-11-8-12-21(15-18)25-30(28,29)22-13-4-3-5-14-22/h3-15,25H,16-17H2,1-2H3,(H,24,27). The molecule has 30 heavy (non-hydrogen) atoms. The zero-order valence-corrected chi connectivity index (χ0v) is 17.8. The molecule has 0 bridgehead atoms. The molecule has 0 spiro atoms. The molecular weight excluding hydrogens is 398 g/mol. The second-order valence-electron chi connectivity index (χ2n) is 7.19. The molecule has 0 saturated heterocycles. The molecule has 0 aliphatic rings. The van der Waals surface area contributed by atoms with Crippen LogP contribution >= 0.6 is 0 Å². The Morgan fingerprint density at radius 1 is 0.867 bits per heavy atom. The summed E-state index contributed by atoms with van der Waals surface area (Å²) in [6.07, 6.45) is 0. The Kier molecular flexibility index (Phi) is 6.87. The highest BCUT2D eigenvalue weighted by Gasteiger charge is 2.15. The Balaban J connectivity index is 1.70. The molecule has 0 heterocycles. The van der Waals surface area contributed by atoms with E-state index in [2.05, 4.69) is 14.9 Å². The Labute approximate surface area is 177 Å². The van der Waals surface area contributed by atoms with Gasteiger partial charge in [0.15, 0.2) is 0 Å². The third-order valence-corrected chi connectivity index (χ3v) is 5.87. The predicted octanol–water partition coefficient (Wildman–Crippen LogP) is 3.48. The van der Waals surface area contributed by atoms with Gasteiger partial charge in [-0.05, 0) is 55.6 Å². The van der Waals surface area contributed by atoms with Crippen molar-refractivity contribution in [1.82, 2.24) is 10.2 Å². The summed E-state index contributed by atoms with van der Waals surface area (Å²) in [7, 11) is 0.280. The molecule has 0 unspecified atom stereocenters. The number of nitrogens with one attached hydrogen (secondary N) is 2. The third-order valence-electron chi connectivity index (χ3n) is 4.47. The molecule has 0 aliphatic heterocycles. The number of amides is 1. The van der Waals surface area contributed by atoms with Gasteiger partial charge in [0, 0.05) is 24.3 Å². The summed E-state index contributed by atoms with van der Waals surface area (Å²) in [6.45, 7) is 1.17. The van der Waals surface area contributed by atoms with Crippen molar-refractivity contribution in [2.24, 2.45) is 0 Å². The molecular formula is C23H25N3O3S. The lowest BCUT2D eigenvalue weighted by molar-refractivity contribution is 0.0951. The summed E-state index contributed by atoms with van der Waals surface area (Å²) >= 11 is 0. The van der Waals surface area contributed by atoms with E-state index < -0.39 is 10.0 Å². The highest BCUT2D eigenvalue weighted by atomic mass is 32.2. The van der Waals surface area contributed by atoms with Crippen molar-refractivity contribution in [3.63, 3.8) is 0 Å². The van der Waals surface area contributed by atoms with Crippen LogP contribution in [0, 0.1) is 0 Å². The van der Waals surface area contributed by atoms with Crippen molar-refractivity contribution < 1.29 is 13.2 Å². The highest BCUT2D eigenvalue weighted by molar-refractivity contribution is 7.92. The molecule has 3 aromatic rings. The maximum atomic E-state index is 12.6. The Bertz CT molecular complexity index is 1110. The Morgan fingerprint density at radius 3 is 2.23 bits per heavy atom. The Hall–Kier alpha value is -3.16. The fraction of sp³-hybridized carbons (Fsp3) is 0.174. The summed E-state index contributed by atoms with van der Waals surface area (Å²) in [4.78, 5) is 14.9. The zero-order chi connectivity index (χ0) is 21.6. The number of carbonyl (C=O) groups is 1. The van der Waals surface area contributed by atoms with E-state index >= 15 is 0 Å². The van der Waals surface area contributed by atoms with Crippen molar-refractivity contribution in [2.45, 2.75) is 18.0 Å². The van der Waals surface area contributed by atoms with Gasteiger partial charge in [-0.3, -0.25) is 9.52 Å². The van der Waals surface area contributed by atoms with Crippen LogP contribution in [0.25, 0.3) is 0 Å². The first-order valence-corrected chi connectivity index (χ1v) is 11.0. The summed E-state index contributed by atoms with van der Waals surface area (Å²) in [5.74, 6) is -0.268. The van der Waals surface area contributed by atoms with Gasteiger partial charge in [-0.25, -0.2) is 8.42 Å². The van der Waals surface area contributed by atoms with Gasteiger partial charge in [0.1, 0.15) is 0 Å². The fourth-order valence-corrected chi connectivity index (χ4v) is 4.11. The van der Waals surface area contributed by atoms with Gasteiger partial charge >= 0.3 is 0 Å². The van der Waals surface area contributed by atoms with Crippen LogP contribution in [0.3, 0.4) is 0 Å². The molecule has 3 rings (SSSR count). The van der Waals surface area contributed by atoms with Crippen LogP contribution in [0.4, 0.5) is 5.69 Å². The minimum absolute atomic E-state index is 0.164. The van der Waals surface area contributed by atoms with Gasteiger partial charge in [0.25, 0.3) is 15.9 Å². The summed E-state index contributed by atoms with van der Waals surface area (Å²) in [5.41, 5.74) is 2.90. The molecule has 0 aliphatic carbocycles. The summed E-state index contributed by atoms with van der Waals surface area (Å²) < 4.78 is 27.5. The molecule has 2 N–H and O–H groups in total. The second kappa shape index (κ2) is 9.56. The molecule has 0 aromatic heterocycles. The molecule has 0 fully saturated rings. The smallest absolute Gasteiger partial charge is 0.261 e. The molecule has 7 heteroatoms. The van der Waals surface area contributed by atoms with Crippen molar-refractivity contribution >= 4 is 21.6 Å². The quantitative estimate of drug-likeness (QED) is 0.581. The van der Waals surface area contributed by atoms with Crippen LogP contribution in [-0.4, -0.2) is 33.3 Å². The molecule has 1 amide bonds. The largest absolute Gasteiger partial charge is 0.348 e. The van der Waals surface area contributed by atoms with E-state index in [9.17, 15) is 13.2 Å². The normalized spacial score (nSPS) is 11.3. The zero-order valence-electron chi connectivity index (χ0n) is 17.0. The number of rotatable bonds is 8. The summed E-state index contributed by atoms with van der Waals surface area (Å²) in [6, 6.07) is 22.5. The lowest BCUT2D eigenvalue weighted by Gasteiger charge is -2.15. The van der Waals surface area contributed by atoms with Crippen LogP contribution < -0.4 is 10.0 Å². The summed E-state index contributed by atoms with van der Waals surface area (Å²) in [5, 5.41) is 2.92. The van der Waals surface area contributed by atoms with E-state index in [-0.39, 0.29) is 10.8 Å². The van der Waals surface area contributed by atoms with Crippen molar-refractivity contribution in [3.8, 4) is 0 Å². The minimum atomic E-state index is -3.71. The van der Waals surface area contributed by atoms with Crippen LogP contribution in [0.15, 0.2) is 83.8 Å². The third kappa shape index (κ3) is 5.68. The van der Waals surface area contributed by atoms with E-state index in [4.69, 9.17) is 0 Å². The second-order valence-corrected chi connectivity index (χ2v) is 8.87. The molecule has 6 nitrogen and oxygen atoms in total. The van der Waals surface area contributed by atoms with E-state index in [1.54, 1.807) is 36.4 Å². The average Bonchev–Trinajstić information content (AvgIpc) is 2.73. The fourth-order valence-electron chi connectivity index (χ4n) is 3.04. The minimum Gasteiger partial charge on any atom is -0.348 e. The van der Waals surface area contributed by atoms with Gasteiger partial charge in [-0.15, -0.1) is 0 Å². The van der Waals surface area contributed by atoms with E-state index in [0.29, 0.717) is 17.8 Å². The van der Waals surface area contributed by atoms with Crippen molar-refractivity contribution in [1.29, 1.82) is 0 Å². The number of nitrogens with zero attached hydrogens (tertiary/aromatic N) is 1. The molecule has 156 valence electrons. The SMILES string of the molecule is CN(C)Cc1ccccc1CNC(=O)c1cccc(NS(=O)(=O)c2ccccc2)c1. The number of carbonyl (C=O) groups excluding carboxylic acids is 1. The van der Waals surface area contributed by atoms with E-state index in [0.717, 1.165) is 17.7 Å². The number of hydrogen-bond donors (Lipinski definition) is 2. The number of hydrogen-bond acceptors (Lipinski definition) is 4. The lowest BCUT2D eigenvalue weighted by atomic mass is 10.1. The van der Waals surface area contributed by atoms with Crippen molar-refractivity contribution in [2.75, 3.05) is 18.8 Å². The van der Waals surface area contributed by atoms with Crippen molar-refractivity contribution in [3.05, 3.63) is 95.6 Å². The average molecular weight is 424 g/mol. The number of benzene rings is 3. The molecule has 0 radical (unpaired) electrons. The number of sulfonamides is 1. The topological polar surface area (TPSA) is 78.5 Å². The monoisotopic (exact) mass is 423 g/mol. The Morgan fingerprint density at radius 2 is 1.53 bits per heavy atom. The highest BCUT2D eigenvalue weighted by Crippen LogP contribution is 2.17. The van der Waals surface area contributed by atoms with E-state index in [1.165, 1.54) is 18.2 Å². The number of anilines is 1. The molecule has 0 atom stereocenters. The first-order valence-electron chi connectivity index (χ1n) is 9.53. The first-order chi connectivity index (χ1) is 14.3. The van der Waals surface area contributed by atoms with E-state index in [1.807, 2.05) is 38.4 Å². The molecule has 0 saturated carbocycles. The van der Waals surface area contributed by atoms with Gasteiger partial charge in [-0.1, -0.05) is 48.5 Å². The predicted molar refractivity (Wildman–Crippen MR) is 119 cm³/mol. The maximum absolute atomic E-state index is 12.6.